The predicted octanol–water partition coefficient (Wildman–Crippen LogP) is 4.18. The van der Waals surface area contributed by atoms with Crippen LogP contribution in [-0.2, 0) is 4.79 Å². The predicted molar refractivity (Wildman–Crippen MR) is 66.0 cm³/mol. The average molecular weight is 212 g/mol. The van der Waals surface area contributed by atoms with E-state index in [1.54, 1.807) is 6.08 Å². The van der Waals surface area contributed by atoms with Crippen LogP contribution in [0.1, 0.15) is 52.4 Å². The van der Waals surface area contributed by atoms with E-state index in [0.717, 1.165) is 19.3 Å². The summed E-state index contributed by atoms with van der Waals surface area (Å²) in [4.78, 5) is 9.88. The van der Waals surface area contributed by atoms with Crippen LogP contribution in [0.2, 0.25) is 0 Å². The highest BCUT2D eigenvalue weighted by Gasteiger charge is 1.83. The summed E-state index contributed by atoms with van der Waals surface area (Å²) in [6.07, 6.45) is 11.7. The molecule has 0 rings (SSSR count). The molecule has 0 unspecified atom stereocenters. The van der Waals surface area contributed by atoms with Gasteiger partial charge < -0.3 is 5.11 Å². The summed E-state index contributed by atoms with van der Waals surface area (Å²) in [6, 6.07) is 0. The molecule has 1 N–H and O–H groups in total. The third kappa shape index (κ3) is 24.6. The highest BCUT2D eigenvalue weighted by atomic mass is 16.4. The summed E-state index contributed by atoms with van der Waals surface area (Å²) in [5, 5.41) is 8.13. The fourth-order valence-electron chi connectivity index (χ4n) is 0.855. The van der Waals surface area contributed by atoms with E-state index in [0.29, 0.717) is 0 Å². The van der Waals surface area contributed by atoms with Gasteiger partial charge in [-0.1, -0.05) is 51.7 Å². The fraction of sp³-hybridized carbons (Fsp3) is 0.615. The van der Waals surface area contributed by atoms with Crippen molar-refractivity contribution in [2.45, 2.75) is 52.4 Å². The second-order valence-electron chi connectivity index (χ2n) is 3.31. The molecule has 0 atom stereocenters. The lowest BCUT2D eigenvalue weighted by molar-refractivity contribution is -0.131. The smallest absolute Gasteiger partial charge is 0.327 e. The number of unbranched alkanes of at least 4 members (excludes halogenated alkanes) is 4. The Morgan fingerprint density at radius 3 is 2.07 bits per heavy atom. The van der Waals surface area contributed by atoms with Crippen LogP contribution in [-0.4, -0.2) is 11.1 Å². The SMILES string of the molecule is C=CCCCC.CCCCC=CC(=O)O. The first-order valence-corrected chi connectivity index (χ1v) is 5.69. The van der Waals surface area contributed by atoms with E-state index < -0.39 is 5.97 Å². The van der Waals surface area contributed by atoms with E-state index in [1.165, 1.54) is 25.3 Å². The molecule has 0 aliphatic rings. The molecule has 0 aromatic rings. The summed E-state index contributed by atoms with van der Waals surface area (Å²) in [7, 11) is 0. The molecule has 0 aromatic carbocycles. The third-order valence-corrected chi connectivity index (χ3v) is 1.75. The van der Waals surface area contributed by atoms with Crippen molar-refractivity contribution in [1.82, 2.24) is 0 Å². The van der Waals surface area contributed by atoms with Gasteiger partial charge in [0.25, 0.3) is 0 Å². The zero-order valence-corrected chi connectivity index (χ0v) is 10.0. The van der Waals surface area contributed by atoms with Gasteiger partial charge in [-0.2, -0.15) is 0 Å². The average Bonchev–Trinajstić information content (AvgIpc) is 2.22. The van der Waals surface area contributed by atoms with Crippen LogP contribution in [0.4, 0.5) is 0 Å². The Bertz CT molecular complexity index is 171. The van der Waals surface area contributed by atoms with Gasteiger partial charge in [0.15, 0.2) is 0 Å². The number of carboxylic acids is 1. The maximum Gasteiger partial charge on any atom is 0.327 e. The molecule has 15 heavy (non-hydrogen) atoms. The van der Waals surface area contributed by atoms with Gasteiger partial charge in [-0.25, -0.2) is 4.79 Å². The number of aliphatic carboxylic acids is 1. The highest BCUT2D eigenvalue weighted by Crippen LogP contribution is 1.93. The van der Waals surface area contributed by atoms with Gasteiger partial charge >= 0.3 is 5.97 Å². The van der Waals surface area contributed by atoms with E-state index in [2.05, 4.69) is 20.4 Å². The Labute approximate surface area is 93.7 Å². The topological polar surface area (TPSA) is 37.3 Å². The van der Waals surface area contributed by atoms with Crippen LogP contribution in [0.15, 0.2) is 24.8 Å². The molecule has 0 spiro atoms. The Hall–Kier alpha value is -1.05. The summed E-state index contributed by atoms with van der Waals surface area (Å²) in [5.74, 6) is -0.855. The monoisotopic (exact) mass is 212 g/mol. The van der Waals surface area contributed by atoms with Crippen molar-refractivity contribution in [2.24, 2.45) is 0 Å². The molecule has 2 heteroatoms. The minimum atomic E-state index is -0.855. The molecule has 0 heterocycles. The summed E-state index contributed by atoms with van der Waals surface area (Å²) < 4.78 is 0. The number of rotatable bonds is 7. The minimum absolute atomic E-state index is 0.855. The zero-order valence-electron chi connectivity index (χ0n) is 10.0. The maximum atomic E-state index is 9.88. The minimum Gasteiger partial charge on any atom is -0.478 e. The molecule has 0 bridgehead atoms. The molecule has 0 fully saturated rings. The van der Waals surface area contributed by atoms with Gasteiger partial charge in [-0.15, -0.1) is 6.58 Å². The summed E-state index contributed by atoms with van der Waals surface area (Å²) in [5.41, 5.74) is 0. The number of carboxylic acid groups (broad SMARTS) is 1. The molecular weight excluding hydrogens is 188 g/mol. The molecule has 0 saturated heterocycles. The van der Waals surface area contributed by atoms with E-state index >= 15 is 0 Å². The van der Waals surface area contributed by atoms with Crippen LogP contribution in [0.25, 0.3) is 0 Å². The lowest BCUT2D eigenvalue weighted by Gasteiger charge is -1.85. The number of carbonyl (C=O) groups is 1. The first kappa shape index (κ1) is 16.4. The van der Waals surface area contributed by atoms with Crippen LogP contribution >= 0.6 is 0 Å². The maximum absolute atomic E-state index is 9.88. The molecule has 0 amide bonds. The van der Waals surface area contributed by atoms with Gasteiger partial charge in [0.05, 0.1) is 0 Å². The quantitative estimate of drug-likeness (QED) is 0.390. The molecule has 0 aromatic heterocycles. The Kier molecular flexibility index (Phi) is 16.8. The number of hydrogen-bond acceptors (Lipinski definition) is 1. The fourth-order valence-corrected chi connectivity index (χ4v) is 0.855. The van der Waals surface area contributed by atoms with Gasteiger partial charge in [-0.3, -0.25) is 0 Å². The van der Waals surface area contributed by atoms with E-state index in [1.807, 2.05) is 6.08 Å². The Morgan fingerprint density at radius 1 is 1.20 bits per heavy atom. The largest absolute Gasteiger partial charge is 0.478 e. The molecular formula is C13H24O2. The molecule has 0 radical (unpaired) electrons. The summed E-state index contributed by atoms with van der Waals surface area (Å²) >= 11 is 0. The van der Waals surface area contributed by atoms with Crippen molar-refractivity contribution < 1.29 is 9.90 Å². The van der Waals surface area contributed by atoms with Crippen LogP contribution in [0.3, 0.4) is 0 Å². The molecule has 0 saturated carbocycles. The molecule has 0 aliphatic carbocycles. The van der Waals surface area contributed by atoms with Crippen molar-refractivity contribution in [3.05, 3.63) is 24.8 Å². The van der Waals surface area contributed by atoms with Crippen molar-refractivity contribution >= 4 is 5.97 Å². The van der Waals surface area contributed by atoms with Gasteiger partial charge in [-0.05, 0) is 12.8 Å². The van der Waals surface area contributed by atoms with Crippen LogP contribution in [0, 0.1) is 0 Å². The standard InChI is InChI=1S/C7H12O2.C6H12/c1-2-3-4-5-6-7(8)9;1-3-5-6-4-2/h5-6H,2-4H2,1H3,(H,8,9);3H,1,4-6H2,2H3. The van der Waals surface area contributed by atoms with Crippen molar-refractivity contribution in [3.8, 4) is 0 Å². The van der Waals surface area contributed by atoms with E-state index in [-0.39, 0.29) is 0 Å². The van der Waals surface area contributed by atoms with Gasteiger partial charge in [0.1, 0.15) is 0 Å². The normalized spacial score (nSPS) is 9.47. The lowest BCUT2D eigenvalue weighted by atomic mass is 10.2. The van der Waals surface area contributed by atoms with E-state index in [4.69, 9.17) is 5.11 Å². The number of hydrogen-bond donors (Lipinski definition) is 1. The second kappa shape index (κ2) is 15.4. The van der Waals surface area contributed by atoms with Crippen LogP contribution < -0.4 is 0 Å². The van der Waals surface area contributed by atoms with Gasteiger partial charge in [0.2, 0.25) is 0 Å². The zero-order chi connectivity index (χ0) is 11.9. The Morgan fingerprint density at radius 2 is 1.73 bits per heavy atom. The first-order valence-electron chi connectivity index (χ1n) is 5.69. The van der Waals surface area contributed by atoms with Crippen molar-refractivity contribution in [2.75, 3.05) is 0 Å². The van der Waals surface area contributed by atoms with E-state index in [9.17, 15) is 4.79 Å². The second-order valence-corrected chi connectivity index (χ2v) is 3.31. The lowest BCUT2D eigenvalue weighted by Crippen LogP contribution is -1.85. The molecule has 2 nitrogen and oxygen atoms in total. The van der Waals surface area contributed by atoms with Crippen molar-refractivity contribution in [1.29, 1.82) is 0 Å². The first-order chi connectivity index (χ1) is 7.18. The summed E-state index contributed by atoms with van der Waals surface area (Å²) in [6.45, 7) is 7.86. The molecule has 88 valence electrons. The van der Waals surface area contributed by atoms with Crippen molar-refractivity contribution in [3.63, 3.8) is 0 Å². The number of allylic oxidation sites excluding steroid dienone is 2. The van der Waals surface area contributed by atoms with Gasteiger partial charge in [0, 0.05) is 6.08 Å². The Balaban J connectivity index is 0. The third-order valence-electron chi connectivity index (χ3n) is 1.75. The molecule has 0 aliphatic heterocycles. The van der Waals surface area contributed by atoms with Crippen LogP contribution in [0.5, 0.6) is 0 Å². The highest BCUT2D eigenvalue weighted by molar-refractivity contribution is 5.79.